The smallest absolute Gasteiger partial charge is 0.259 e. The standard InChI is InChI=1S/C26H31F2N3O2/c1-17-10-11-20(25(32)29-16-18-6-3-2-4-7-18)24(30-17)19-12-14-31(15-13-19)26(33)23-21(27)8-5-9-22(23)28/h5,8-11,18-19H,2-4,6-7,12-16H2,1H3,(H,29,32). The Morgan fingerprint density at radius 1 is 1.00 bits per heavy atom. The maximum absolute atomic E-state index is 14.0. The monoisotopic (exact) mass is 455 g/mol. The predicted molar refractivity (Wildman–Crippen MR) is 122 cm³/mol. The van der Waals surface area contributed by atoms with E-state index >= 15 is 0 Å². The zero-order valence-electron chi connectivity index (χ0n) is 19.1. The van der Waals surface area contributed by atoms with Crippen LogP contribution in [0, 0.1) is 24.5 Å². The number of piperidine rings is 1. The van der Waals surface area contributed by atoms with Crippen molar-refractivity contribution >= 4 is 11.8 Å². The average molecular weight is 456 g/mol. The van der Waals surface area contributed by atoms with E-state index in [1.807, 2.05) is 19.1 Å². The SMILES string of the molecule is Cc1ccc(C(=O)NCC2CCCCC2)c(C2CCN(C(=O)c3c(F)cccc3F)CC2)n1. The van der Waals surface area contributed by atoms with Crippen LogP contribution >= 0.6 is 0 Å². The van der Waals surface area contributed by atoms with Crippen LogP contribution in [0.15, 0.2) is 30.3 Å². The highest BCUT2D eigenvalue weighted by molar-refractivity contribution is 5.96. The maximum Gasteiger partial charge on any atom is 0.259 e. The molecule has 1 aromatic heterocycles. The zero-order chi connectivity index (χ0) is 23.4. The molecule has 0 radical (unpaired) electrons. The lowest BCUT2D eigenvalue weighted by molar-refractivity contribution is 0.0700. The highest BCUT2D eigenvalue weighted by Crippen LogP contribution is 2.31. The number of hydrogen-bond donors (Lipinski definition) is 1. The number of hydrogen-bond acceptors (Lipinski definition) is 3. The zero-order valence-corrected chi connectivity index (χ0v) is 19.1. The number of halogens is 2. The first-order valence-corrected chi connectivity index (χ1v) is 11.9. The van der Waals surface area contributed by atoms with Crippen molar-refractivity contribution in [2.24, 2.45) is 5.92 Å². The van der Waals surface area contributed by atoms with Crippen molar-refractivity contribution in [2.45, 2.75) is 57.8 Å². The number of carbonyl (C=O) groups is 2. The first kappa shape index (κ1) is 23.3. The predicted octanol–water partition coefficient (Wildman–Crippen LogP) is 5.00. The summed E-state index contributed by atoms with van der Waals surface area (Å²) < 4.78 is 28.1. The Labute approximate surface area is 193 Å². The summed E-state index contributed by atoms with van der Waals surface area (Å²) in [5, 5.41) is 3.10. The Balaban J connectivity index is 1.43. The third-order valence-corrected chi connectivity index (χ3v) is 6.93. The summed E-state index contributed by atoms with van der Waals surface area (Å²) >= 11 is 0. The molecule has 1 N–H and O–H groups in total. The second-order valence-electron chi connectivity index (χ2n) is 9.26. The summed E-state index contributed by atoms with van der Waals surface area (Å²) in [6.45, 7) is 3.30. The molecule has 5 nitrogen and oxygen atoms in total. The highest BCUT2D eigenvalue weighted by Gasteiger charge is 2.30. The molecule has 7 heteroatoms. The van der Waals surface area contributed by atoms with Crippen molar-refractivity contribution in [1.29, 1.82) is 0 Å². The molecule has 33 heavy (non-hydrogen) atoms. The summed E-state index contributed by atoms with van der Waals surface area (Å²) in [6.07, 6.45) is 7.23. The van der Waals surface area contributed by atoms with E-state index < -0.39 is 23.1 Å². The number of aromatic nitrogens is 1. The molecule has 2 amide bonds. The van der Waals surface area contributed by atoms with Gasteiger partial charge in [0.25, 0.3) is 11.8 Å². The van der Waals surface area contributed by atoms with Gasteiger partial charge in [0.05, 0.1) is 11.3 Å². The Morgan fingerprint density at radius 3 is 2.33 bits per heavy atom. The second-order valence-corrected chi connectivity index (χ2v) is 9.26. The van der Waals surface area contributed by atoms with Gasteiger partial charge in [0, 0.05) is 31.2 Å². The largest absolute Gasteiger partial charge is 0.352 e. The average Bonchev–Trinajstić information content (AvgIpc) is 2.83. The number of aryl methyl sites for hydroxylation is 1. The molecular weight excluding hydrogens is 424 g/mol. The Bertz CT molecular complexity index is 992. The van der Waals surface area contributed by atoms with Crippen molar-refractivity contribution in [3.8, 4) is 0 Å². The molecule has 0 atom stereocenters. The molecule has 1 aliphatic carbocycles. The van der Waals surface area contributed by atoms with Gasteiger partial charge in [-0.1, -0.05) is 25.3 Å². The van der Waals surface area contributed by atoms with Crippen LogP contribution in [-0.4, -0.2) is 41.3 Å². The van der Waals surface area contributed by atoms with Crippen LogP contribution < -0.4 is 5.32 Å². The van der Waals surface area contributed by atoms with Gasteiger partial charge in [-0.25, -0.2) is 8.78 Å². The second kappa shape index (κ2) is 10.4. The minimum absolute atomic E-state index is 0.00912. The molecule has 0 spiro atoms. The molecule has 176 valence electrons. The molecule has 1 aromatic carbocycles. The summed E-state index contributed by atoms with van der Waals surface area (Å²) in [7, 11) is 0. The maximum atomic E-state index is 14.0. The number of rotatable bonds is 5. The molecule has 1 saturated carbocycles. The van der Waals surface area contributed by atoms with Gasteiger partial charge in [-0.05, 0) is 62.8 Å². The molecule has 2 aliphatic rings. The van der Waals surface area contributed by atoms with Gasteiger partial charge < -0.3 is 10.2 Å². The fourth-order valence-corrected chi connectivity index (χ4v) is 5.02. The molecule has 2 fully saturated rings. The van der Waals surface area contributed by atoms with Crippen molar-refractivity contribution in [2.75, 3.05) is 19.6 Å². The quantitative estimate of drug-likeness (QED) is 0.690. The van der Waals surface area contributed by atoms with Crippen LogP contribution in [0.1, 0.15) is 83.0 Å². The third-order valence-electron chi connectivity index (χ3n) is 6.93. The summed E-state index contributed by atoms with van der Waals surface area (Å²) in [5.41, 5.74) is 1.66. The number of amides is 2. The third kappa shape index (κ3) is 5.40. The Hall–Kier alpha value is -2.83. The molecule has 4 rings (SSSR count). The lowest BCUT2D eigenvalue weighted by Crippen LogP contribution is -2.39. The van der Waals surface area contributed by atoms with Gasteiger partial charge in [-0.2, -0.15) is 0 Å². The molecule has 2 heterocycles. The van der Waals surface area contributed by atoms with E-state index in [2.05, 4.69) is 10.3 Å². The molecule has 0 bridgehead atoms. The lowest BCUT2D eigenvalue weighted by Gasteiger charge is -2.32. The summed E-state index contributed by atoms with van der Waals surface area (Å²) in [6, 6.07) is 7.12. The van der Waals surface area contributed by atoms with E-state index in [0.29, 0.717) is 44.0 Å². The van der Waals surface area contributed by atoms with Crippen molar-refractivity contribution in [1.82, 2.24) is 15.2 Å². The fraction of sp³-hybridized carbons (Fsp3) is 0.500. The fourth-order valence-electron chi connectivity index (χ4n) is 5.02. The van der Waals surface area contributed by atoms with E-state index in [0.717, 1.165) is 36.4 Å². The van der Waals surface area contributed by atoms with Crippen molar-refractivity contribution in [3.05, 3.63) is 64.5 Å². The van der Waals surface area contributed by atoms with Crippen molar-refractivity contribution < 1.29 is 18.4 Å². The normalized spacial score (nSPS) is 17.7. The minimum atomic E-state index is -0.848. The van der Waals surface area contributed by atoms with Gasteiger partial charge in [-0.15, -0.1) is 0 Å². The van der Waals surface area contributed by atoms with E-state index in [4.69, 9.17) is 0 Å². The number of nitrogens with zero attached hydrogens (tertiary/aromatic N) is 2. The molecule has 1 saturated heterocycles. The van der Waals surface area contributed by atoms with Gasteiger partial charge in [-0.3, -0.25) is 14.6 Å². The number of carbonyl (C=O) groups excluding carboxylic acids is 2. The number of benzene rings is 1. The summed E-state index contributed by atoms with van der Waals surface area (Å²) in [5.74, 6) is -1.88. The Morgan fingerprint density at radius 2 is 1.67 bits per heavy atom. The van der Waals surface area contributed by atoms with Gasteiger partial charge in [0.1, 0.15) is 17.2 Å². The van der Waals surface area contributed by atoms with Crippen LogP contribution in [0.4, 0.5) is 8.78 Å². The van der Waals surface area contributed by atoms with Crippen molar-refractivity contribution in [3.63, 3.8) is 0 Å². The first-order chi connectivity index (χ1) is 15.9. The van der Waals surface area contributed by atoms with Crippen LogP contribution in [-0.2, 0) is 0 Å². The van der Waals surface area contributed by atoms with Crippen LogP contribution in [0.25, 0.3) is 0 Å². The Kier molecular flexibility index (Phi) is 7.36. The number of pyridine rings is 1. The number of likely N-dealkylation sites (tertiary alicyclic amines) is 1. The number of nitrogens with one attached hydrogen (secondary N) is 1. The topological polar surface area (TPSA) is 62.3 Å². The van der Waals surface area contributed by atoms with Gasteiger partial charge in [0.2, 0.25) is 0 Å². The van der Waals surface area contributed by atoms with Crippen LogP contribution in [0.5, 0.6) is 0 Å². The van der Waals surface area contributed by atoms with Crippen LogP contribution in [0.3, 0.4) is 0 Å². The van der Waals surface area contributed by atoms with Crippen LogP contribution in [0.2, 0.25) is 0 Å². The molecule has 0 unspecified atom stereocenters. The minimum Gasteiger partial charge on any atom is -0.352 e. The summed E-state index contributed by atoms with van der Waals surface area (Å²) in [4.78, 5) is 31.9. The van der Waals surface area contributed by atoms with E-state index in [1.54, 1.807) is 0 Å². The van der Waals surface area contributed by atoms with E-state index in [-0.39, 0.29) is 11.8 Å². The molecular formula is C26H31F2N3O2. The van der Waals surface area contributed by atoms with E-state index in [9.17, 15) is 18.4 Å². The first-order valence-electron chi connectivity index (χ1n) is 11.9. The lowest BCUT2D eigenvalue weighted by atomic mass is 9.88. The van der Waals surface area contributed by atoms with Gasteiger partial charge in [0.15, 0.2) is 0 Å². The van der Waals surface area contributed by atoms with Gasteiger partial charge >= 0.3 is 0 Å². The van der Waals surface area contributed by atoms with E-state index in [1.165, 1.54) is 30.2 Å². The molecule has 1 aliphatic heterocycles. The highest BCUT2D eigenvalue weighted by atomic mass is 19.1. The molecule has 2 aromatic rings.